The maximum Gasteiger partial charge on any atom is 0.116 e. The van der Waals surface area contributed by atoms with E-state index in [9.17, 15) is 0 Å². The summed E-state index contributed by atoms with van der Waals surface area (Å²) in [6, 6.07) is 2.14. The van der Waals surface area contributed by atoms with Crippen LogP contribution in [0.2, 0.25) is 0 Å². The van der Waals surface area contributed by atoms with Gasteiger partial charge < -0.3 is 10.6 Å². The lowest BCUT2D eigenvalue weighted by molar-refractivity contribution is 0.109. The quantitative estimate of drug-likeness (QED) is 0.472. The molecule has 98 valence electrons. The molecule has 1 aliphatic heterocycles. The average molecular weight is 263 g/mol. The molecular weight excluding hydrogens is 242 g/mol. The SMILES string of the molecule is C/C(=C(\C#N)C(N)=S)N1CC[C@H]2CCCC[C@@H]2C1. The van der Waals surface area contributed by atoms with E-state index in [1.165, 1.54) is 32.1 Å². The molecule has 2 N–H and O–H groups in total. The Kier molecular flexibility index (Phi) is 4.23. The van der Waals surface area contributed by atoms with Gasteiger partial charge in [0.2, 0.25) is 0 Å². The normalized spacial score (nSPS) is 29.0. The highest BCUT2D eigenvalue weighted by Gasteiger charge is 2.31. The van der Waals surface area contributed by atoms with Crippen LogP contribution in [0.4, 0.5) is 0 Å². The first kappa shape index (κ1) is 13.4. The third kappa shape index (κ3) is 2.67. The molecule has 1 heterocycles. The summed E-state index contributed by atoms with van der Waals surface area (Å²) in [6.07, 6.45) is 6.73. The molecule has 1 saturated carbocycles. The lowest BCUT2D eigenvalue weighted by Crippen LogP contribution is -2.41. The van der Waals surface area contributed by atoms with E-state index >= 15 is 0 Å². The van der Waals surface area contributed by atoms with Gasteiger partial charge in [0.1, 0.15) is 16.6 Å². The summed E-state index contributed by atoms with van der Waals surface area (Å²) in [5.41, 5.74) is 7.06. The molecule has 2 rings (SSSR count). The molecule has 0 spiro atoms. The molecule has 18 heavy (non-hydrogen) atoms. The van der Waals surface area contributed by atoms with Gasteiger partial charge in [-0.15, -0.1) is 0 Å². The van der Waals surface area contributed by atoms with Crippen molar-refractivity contribution in [2.45, 2.75) is 39.0 Å². The first-order valence-corrected chi connectivity index (χ1v) is 7.20. The highest BCUT2D eigenvalue weighted by molar-refractivity contribution is 7.80. The summed E-state index contributed by atoms with van der Waals surface area (Å²) in [6.45, 7) is 4.09. The van der Waals surface area contributed by atoms with Crippen molar-refractivity contribution >= 4 is 17.2 Å². The largest absolute Gasteiger partial charge is 0.389 e. The zero-order chi connectivity index (χ0) is 13.1. The number of hydrogen-bond acceptors (Lipinski definition) is 3. The number of nitrogens with zero attached hydrogens (tertiary/aromatic N) is 2. The minimum absolute atomic E-state index is 0.223. The number of hydrogen-bond donors (Lipinski definition) is 1. The molecule has 0 aromatic carbocycles. The van der Waals surface area contributed by atoms with Crippen molar-refractivity contribution in [3.63, 3.8) is 0 Å². The molecule has 0 aromatic rings. The van der Waals surface area contributed by atoms with Crippen molar-refractivity contribution in [1.82, 2.24) is 4.90 Å². The molecular formula is C14H21N3S. The smallest absolute Gasteiger partial charge is 0.116 e. The molecule has 1 saturated heterocycles. The van der Waals surface area contributed by atoms with Gasteiger partial charge >= 0.3 is 0 Å². The van der Waals surface area contributed by atoms with Gasteiger partial charge in [-0.05, 0) is 31.6 Å². The summed E-state index contributed by atoms with van der Waals surface area (Å²) >= 11 is 4.95. The predicted octanol–water partition coefficient (Wildman–Crippen LogP) is 2.58. The van der Waals surface area contributed by atoms with Crippen molar-refractivity contribution < 1.29 is 0 Å². The second-order valence-corrected chi connectivity index (χ2v) is 5.92. The van der Waals surface area contributed by atoms with Crippen LogP contribution in [0.5, 0.6) is 0 Å². The van der Waals surface area contributed by atoms with Gasteiger partial charge in [0.15, 0.2) is 0 Å². The number of nitrogens with two attached hydrogens (primary N) is 1. The van der Waals surface area contributed by atoms with Crippen LogP contribution in [0.1, 0.15) is 39.0 Å². The van der Waals surface area contributed by atoms with E-state index in [0.717, 1.165) is 30.6 Å². The van der Waals surface area contributed by atoms with Crippen molar-refractivity contribution in [1.29, 1.82) is 5.26 Å². The minimum Gasteiger partial charge on any atom is -0.389 e. The third-order valence-corrected chi connectivity index (χ3v) is 4.69. The number of rotatable bonds is 2. The van der Waals surface area contributed by atoms with Crippen LogP contribution in [-0.4, -0.2) is 23.0 Å². The van der Waals surface area contributed by atoms with Gasteiger partial charge in [0.25, 0.3) is 0 Å². The molecule has 2 fully saturated rings. The Morgan fingerprint density at radius 1 is 1.28 bits per heavy atom. The van der Waals surface area contributed by atoms with Gasteiger partial charge in [-0.25, -0.2) is 0 Å². The van der Waals surface area contributed by atoms with Crippen molar-refractivity contribution in [3.05, 3.63) is 11.3 Å². The van der Waals surface area contributed by atoms with E-state index in [1.54, 1.807) is 0 Å². The van der Waals surface area contributed by atoms with E-state index in [-0.39, 0.29) is 4.99 Å². The van der Waals surface area contributed by atoms with Gasteiger partial charge in [-0.2, -0.15) is 5.26 Å². The molecule has 4 heteroatoms. The van der Waals surface area contributed by atoms with E-state index in [1.807, 2.05) is 6.92 Å². The van der Waals surface area contributed by atoms with E-state index in [2.05, 4.69) is 11.0 Å². The molecule has 0 aromatic heterocycles. The summed E-state index contributed by atoms with van der Waals surface area (Å²) in [7, 11) is 0. The first-order chi connectivity index (χ1) is 8.63. The zero-order valence-corrected chi connectivity index (χ0v) is 11.8. The van der Waals surface area contributed by atoms with Gasteiger partial charge in [-0.3, -0.25) is 0 Å². The Hall–Kier alpha value is -1.08. The number of fused-ring (bicyclic) bond motifs is 1. The number of piperidine rings is 1. The van der Waals surface area contributed by atoms with Crippen molar-refractivity contribution in [3.8, 4) is 6.07 Å². The van der Waals surface area contributed by atoms with Gasteiger partial charge in [0, 0.05) is 18.8 Å². The fraction of sp³-hybridized carbons (Fsp3) is 0.714. The lowest BCUT2D eigenvalue weighted by atomic mass is 9.75. The Labute approximate surface area is 115 Å². The second-order valence-electron chi connectivity index (χ2n) is 5.48. The molecule has 0 radical (unpaired) electrons. The Balaban J connectivity index is 2.11. The standard InChI is InChI=1S/C14H21N3S/c1-10(13(8-15)14(16)18)17-7-6-11-4-2-3-5-12(11)9-17/h11-12H,2-7,9H2,1H3,(H2,16,18)/b13-10-/t11-,12-/m1/s1. The third-order valence-electron chi connectivity index (χ3n) is 4.49. The lowest BCUT2D eigenvalue weighted by Gasteiger charge is -2.42. The van der Waals surface area contributed by atoms with Gasteiger partial charge in [-0.1, -0.05) is 31.5 Å². The van der Waals surface area contributed by atoms with E-state index in [0.29, 0.717) is 5.57 Å². The van der Waals surface area contributed by atoms with Crippen LogP contribution in [-0.2, 0) is 0 Å². The molecule has 0 bridgehead atoms. The summed E-state index contributed by atoms with van der Waals surface area (Å²) in [5, 5.41) is 9.13. The van der Waals surface area contributed by atoms with Crippen LogP contribution in [0.25, 0.3) is 0 Å². The second kappa shape index (κ2) is 5.71. The molecule has 0 unspecified atom stereocenters. The van der Waals surface area contributed by atoms with Crippen LogP contribution in [0, 0.1) is 23.2 Å². The van der Waals surface area contributed by atoms with Crippen molar-refractivity contribution in [2.75, 3.05) is 13.1 Å². The molecule has 2 aliphatic rings. The highest BCUT2D eigenvalue weighted by Crippen LogP contribution is 2.37. The number of allylic oxidation sites excluding steroid dienone is 1. The predicted molar refractivity (Wildman–Crippen MR) is 76.7 cm³/mol. The van der Waals surface area contributed by atoms with Gasteiger partial charge in [0.05, 0.1) is 0 Å². The Morgan fingerprint density at radius 3 is 2.56 bits per heavy atom. The Morgan fingerprint density at radius 2 is 1.94 bits per heavy atom. The summed E-state index contributed by atoms with van der Waals surface area (Å²) in [5.74, 6) is 1.70. The fourth-order valence-corrected chi connectivity index (χ4v) is 3.57. The fourth-order valence-electron chi connectivity index (χ4n) is 3.38. The highest BCUT2D eigenvalue weighted by atomic mass is 32.1. The Bertz CT molecular complexity index is 408. The number of nitriles is 1. The van der Waals surface area contributed by atoms with Crippen molar-refractivity contribution in [2.24, 2.45) is 17.6 Å². The molecule has 1 aliphatic carbocycles. The monoisotopic (exact) mass is 263 g/mol. The number of likely N-dealkylation sites (tertiary alicyclic amines) is 1. The first-order valence-electron chi connectivity index (χ1n) is 6.79. The van der Waals surface area contributed by atoms with Crippen LogP contribution >= 0.6 is 12.2 Å². The van der Waals surface area contributed by atoms with Crippen LogP contribution in [0.15, 0.2) is 11.3 Å². The molecule has 2 atom stereocenters. The minimum atomic E-state index is 0.223. The molecule has 3 nitrogen and oxygen atoms in total. The van der Waals surface area contributed by atoms with Crippen LogP contribution in [0.3, 0.4) is 0 Å². The maximum absolute atomic E-state index is 9.13. The topological polar surface area (TPSA) is 53.1 Å². The summed E-state index contributed by atoms with van der Waals surface area (Å²) in [4.78, 5) is 2.53. The zero-order valence-electron chi connectivity index (χ0n) is 11.0. The average Bonchev–Trinajstić information content (AvgIpc) is 2.38. The number of thiocarbonyl (C=S) groups is 1. The summed E-state index contributed by atoms with van der Waals surface area (Å²) < 4.78 is 0. The van der Waals surface area contributed by atoms with Crippen LogP contribution < -0.4 is 5.73 Å². The molecule has 0 amide bonds. The van der Waals surface area contributed by atoms with E-state index in [4.69, 9.17) is 23.2 Å². The van der Waals surface area contributed by atoms with E-state index < -0.39 is 0 Å². The maximum atomic E-state index is 9.13.